The Balaban J connectivity index is 0.00000400. The molecule has 1 fully saturated rings. The van der Waals surface area contributed by atoms with E-state index in [-0.39, 0.29) is 51.2 Å². The number of aliphatic carboxylic acids is 2. The second-order valence-corrected chi connectivity index (χ2v) is 14.1. The first-order valence-electron chi connectivity index (χ1n) is 14.6. The molecule has 0 amide bonds. The maximum atomic E-state index is 11.6. The largest absolute Gasteiger partial charge is 4.00 e. The van der Waals surface area contributed by atoms with E-state index in [9.17, 15) is 19.8 Å². The Morgan fingerprint density at radius 1 is 0.889 bits per heavy atom. The molecule has 0 aliphatic carbocycles. The third kappa shape index (κ3) is 5.77. The first kappa shape index (κ1) is 33.4. The topological polar surface area (TPSA) is 131 Å². The van der Waals surface area contributed by atoms with Crippen LogP contribution < -0.4 is 36.3 Å². The van der Waals surface area contributed by atoms with Crippen molar-refractivity contribution < 1.29 is 36.9 Å². The maximum absolute atomic E-state index is 11.6. The molecule has 6 heterocycles. The molecule has 8 nitrogen and oxygen atoms in total. The third-order valence-corrected chi connectivity index (χ3v) is 11.3. The predicted octanol–water partition coefficient (Wildman–Crippen LogP) is 1.35. The monoisotopic (exact) mass is 683 g/mol. The number of carboxylic acids is 2. The molecule has 3 aromatic rings. The van der Waals surface area contributed by atoms with Crippen LogP contribution in [0.5, 0.6) is 0 Å². The summed E-state index contributed by atoms with van der Waals surface area (Å²) in [4.78, 5) is 38.2. The number of hydrogen-bond donors (Lipinski definition) is 3. The number of thiol groups is 2. The fourth-order valence-electron chi connectivity index (χ4n) is 6.63. The van der Waals surface area contributed by atoms with Gasteiger partial charge < -0.3 is 37.4 Å². The smallest absolute Gasteiger partial charge is 0.674 e. The molecule has 0 saturated carbocycles. The number of carboxylic acid groups (broad SMARTS) is 2. The minimum Gasteiger partial charge on any atom is -0.674 e. The molecule has 1 unspecified atom stereocenters. The van der Waals surface area contributed by atoms with E-state index in [2.05, 4.69) is 26.8 Å². The normalized spacial score (nSPS) is 25.0. The Morgan fingerprint density at radius 3 is 2.09 bits per heavy atom. The van der Waals surface area contributed by atoms with Gasteiger partial charge in [-0.3, -0.25) is 16.5 Å². The van der Waals surface area contributed by atoms with E-state index in [1.165, 1.54) is 17.3 Å². The van der Waals surface area contributed by atoms with Gasteiger partial charge in [-0.15, -0.1) is 49.8 Å². The summed E-state index contributed by atoms with van der Waals surface area (Å²) in [6, 6.07) is -0.186. The van der Waals surface area contributed by atoms with Crippen LogP contribution >= 0.6 is 12.6 Å². The Morgan fingerprint density at radius 2 is 1.49 bits per heavy atom. The molecule has 11 heteroatoms. The van der Waals surface area contributed by atoms with Gasteiger partial charge in [-0.05, 0) is 63.9 Å². The van der Waals surface area contributed by atoms with Gasteiger partial charge in [0.05, 0.1) is 5.25 Å². The quantitative estimate of drug-likeness (QED) is 0.113. The molecule has 4 atom stereocenters. The summed E-state index contributed by atoms with van der Waals surface area (Å²) < 4.78 is -0.222. The standard InChI is InChI=1S/C34H34N4O4S2.Fe/c1-15-21(7-9-31(39)40)27-13-28-22(8-10-32(41)42)16(2)25(36-28)14-30-34(20(6)44-34)18(4)26(38-30)12-29-33(19(5)43)17(3)24(37-29)11-23(15)35-27;/h11-14,19-20,30,43H,5-10H2,1-4H3,(H,39,40)(H,41,42);/q-6;+4/p+1/b24-11-,25-14-,28-13-,29-12-;/t19-,20-,30?,34-;/m1./s1. The number of aromatic nitrogens is 3. The predicted molar refractivity (Wildman–Crippen MR) is 178 cm³/mol. The SMILES string of the molecule is [CH2-][C@@H](S)c1c(C)/c2[n-]/c1=C\C1=C(C)[C@]3([SH+][C@@H]3[CH2-])C(/C=c3\[n-]/c(c(CCC(=O)O)c3C)=C\c3[n-]c(c(C)c3CCC(=O)O)\C=2)[N-]1.[Fe+4]. The molecule has 3 aromatic heterocycles. The van der Waals surface area contributed by atoms with Crippen LogP contribution in [0.1, 0.15) is 69.8 Å². The van der Waals surface area contributed by atoms with Crippen molar-refractivity contribution in [2.45, 2.75) is 74.7 Å². The Hall–Kier alpha value is -2.98. The summed E-state index contributed by atoms with van der Waals surface area (Å²) in [7, 11) is 0. The van der Waals surface area contributed by atoms with Gasteiger partial charge in [-0.1, -0.05) is 51.6 Å². The van der Waals surface area contributed by atoms with E-state index >= 15 is 0 Å². The molecule has 6 rings (SSSR count). The zero-order valence-corrected chi connectivity index (χ0v) is 28.4. The summed E-state index contributed by atoms with van der Waals surface area (Å²) >= 11 is 5.91. The Labute approximate surface area is 282 Å². The Bertz CT molecular complexity index is 2000. The maximum Gasteiger partial charge on any atom is 4.00 e. The molecular formula is C34H35FeN4O4S2-. The number of hydrogen-bond acceptors (Lipinski definition) is 3. The van der Waals surface area contributed by atoms with E-state index < -0.39 is 11.9 Å². The fourth-order valence-corrected chi connectivity index (χ4v) is 8.33. The van der Waals surface area contributed by atoms with Crippen molar-refractivity contribution in [3.63, 3.8) is 0 Å². The van der Waals surface area contributed by atoms with E-state index in [1.807, 2.05) is 39.0 Å². The molecule has 0 radical (unpaired) electrons. The van der Waals surface area contributed by atoms with Gasteiger partial charge in [0.1, 0.15) is 0 Å². The second kappa shape index (κ2) is 12.3. The molecule has 1 spiro atoms. The first-order chi connectivity index (χ1) is 20.8. The number of nitrogens with zero attached hydrogens (tertiary/aromatic N) is 4. The van der Waals surface area contributed by atoms with Crippen molar-refractivity contribution in [1.82, 2.24) is 15.0 Å². The molecular weight excluding hydrogens is 648 g/mol. The van der Waals surface area contributed by atoms with Gasteiger partial charge >= 0.3 is 29.0 Å². The number of carbonyl (C=O) groups is 2. The second-order valence-electron chi connectivity index (χ2n) is 11.9. The summed E-state index contributed by atoms with van der Waals surface area (Å²) in [5.74, 6) is -1.78. The minimum absolute atomic E-state index is 0. The van der Waals surface area contributed by atoms with Gasteiger partial charge in [-0.2, -0.15) is 0 Å². The van der Waals surface area contributed by atoms with Crippen molar-refractivity contribution in [3.8, 4) is 0 Å². The molecule has 45 heavy (non-hydrogen) atoms. The number of allylic oxidation sites excluding steroid dienone is 1. The van der Waals surface area contributed by atoms with Crippen molar-refractivity contribution in [2.24, 2.45) is 0 Å². The first-order valence-corrected chi connectivity index (χ1v) is 16.1. The van der Waals surface area contributed by atoms with Crippen LogP contribution in [0.15, 0.2) is 11.3 Å². The zero-order chi connectivity index (χ0) is 31.7. The number of fused-ring (bicyclic) bond motifs is 9. The molecule has 3 aliphatic heterocycles. The van der Waals surface area contributed by atoms with Crippen molar-refractivity contribution in [1.29, 1.82) is 0 Å². The van der Waals surface area contributed by atoms with Crippen LogP contribution in [0.25, 0.3) is 29.6 Å². The summed E-state index contributed by atoms with van der Waals surface area (Å²) in [5, 5.41) is 27.0. The average molecular weight is 684 g/mol. The van der Waals surface area contributed by atoms with Gasteiger partial charge in [-0.25, -0.2) is 12.6 Å². The molecule has 8 bridgehead atoms. The fraction of sp³-hybridized carbons (Fsp3) is 0.353. The van der Waals surface area contributed by atoms with Crippen LogP contribution in [0, 0.1) is 34.6 Å². The summed E-state index contributed by atoms with van der Waals surface area (Å²) in [6.07, 6.45) is 8.47. The van der Waals surface area contributed by atoms with Crippen LogP contribution in [-0.2, 0) is 51.3 Å². The van der Waals surface area contributed by atoms with Crippen molar-refractivity contribution >= 4 is 60.6 Å². The van der Waals surface area contributed by atoms with Crippen LogP contribution in [-0.4, -0.2) is 38.2 Å². The zero-order valence-electron chi connectivity index (χ0n) is 25.5. The van der Waals surface area contributed by atoms with Gasteiger partial charge in [0.2, 0.25) is 0 Å². The van der Waals surface area contributed by atoms with Crippen LogP contribution in [0.4, 0.5) is 0 Å². The van der Waals surface area contributed by atoms with Crippen molar-refractivity contribution in [3.05, 3.63) is 96.6 Å². The van der Waals surface area contributed by atoms with E-state index in [1.54, 1.807) is 0 Å². The third-order valence-electron chi connectivity index (χ3n) is 9.25. The summed E-state index contributed by atoms with van der Waals surface area (Å²) in [6.45, 7) is 16.7. The molecule has 2 N–H and O–H groups in total. The Kier molecular flexibility index (Phi) is 9.14. The van der Waals surface area contributed by atoms with E-state index in [0.717, 1.165) is 55.1 Å². The van der Waals surface area contributed by atoms with Crippen LogP contribution in [0.3, 0.4) is 0 Å². The molecule has 1 saturated heterocycles. The molecule has 236 valence electrons. The molecule has 0 aromatic carbocycles. The number of rotatable bonds is 7. The summed E-state index contributed by atoms with van der Waals surface area (Å²) in [5.41, 5.74) is 8.72. The van der Waals surface area contributed by atoms with E-state index in [4.69, 9.17) is 32.9 Å². The van der Waals surface area contributed by atoms with E-state index in [0.29, 0.717) is 29.6 Å². The van der Waals surface area contributed by atoms with Crippen LogP contribution in [0.2, 0.25) is 0 Å². The van der Waals surface area contributed by atoms with Crippen molar-refractivity contribution in [2.75, 3.05) is 0 Å². The molecule has 3 aliphatic rings. The van der Waals surface area contributed by atoms with Gasteiger partial charge in [0, 0.05) is 12.8 Å². The minimum atomic E-state index is -0.893. The van der Waals surface area contributed by atoms with Gasteiger partial charge in [0.15, 0.2) is 4.75 Å². The van der Waals surface area contributed by atoms with Gasteiger partial charge in [0.25, 0.3) is 0 Å². The average Bonchev–Trinajstić information content (AvgIpc) is 3.08.